The summed E-state index contributed by atoms with van der Waals surface area (Å²) in [5.74, 6) is 0.321. The van der Waals surface area contributed by atoms with Crippen molar-refractivity contribution in [3.8, 4) is 5.88 Å². The second-order valence-electron chi connectivity index (χ2n) is 4.07. The van der Waals surface area contributed by atoms with E-state index in [2.05, 4.69) is 9.84 Å². The van der Waals surface area contributed by atoms with E-state index < -0.39 is 0 Å². The zero-order valence-electron chi connectivity index (χ0n) is 10.9. The van der Waals surface area contributed by atoms with E-state index in [-0.39, 0.29) is 5.97 Å². The molecule has 0 saturated heterocycles. The Bertz CT molecular complexity index is 595. The van der Waals surface area contributed by atoms with E-state index in [1.54, 1.807) is 7.11 Å². The molecule has 2 rings (SSSR count). The number of carbonyl (C=O) groups excluding carboxylic acids is 1. The number of aryl methyl sites for hydroxylation is 1. The van der Waals surface area contributed by atoms with Gasteiger partial charge in [0.2, 0.25) is 5.88 Å². The highest BCUT2D eigenvalue weighted by Gasteiger charge is 2.11. The van der Waals surface area contributed by atoms with Crippen LogP contribution in [0.15, 0.2) is 18.2 Å². The molecule has 0 fully saturated rings. The van der Waals surface area contributed by atoms with Gasteiger partial charge in [-0.3, -0.25) is 9.48 Å². The number of rotatable bonds is 5. The van der Waals surface area contributed by atoms with Crippen molar-refractivity contribution in [3.63, 3.8) is 0 Å². The molecule has 0 amide bonds. The smallest absolute Gasteiger partial charge is 0.305 e. The molecular formula is C13H15ClN2O3. The molecule has 19 heavy (non-hydrogen) atoms. The molecular weight excluding hydrogens is 268 g/mol. The zero-order valence-corrected chi connectivity index (χ0v) is 11.6. The number of aromatic nitrogens is 2. The van der Waals surface area contributed by atoms with Crippen LogP contribution in [0.3, 0.4) is 0 Å². The lowest BCUT2D eigenvalue weighted by Crippen LogP contribution is -2.05. The van der Waals surface area contributed by atoms with E-state index in [0.717, 1.165) is 10.9 Å². The van der Waals surface area contributed by atoms with Crippen molar-refractivity contribution in [2.45, 2.75) is 19.4 Å². The summed E-state index contributed by atoms with van der Waals surface area (Å²) in [6.45, 7) is 0.622. The highest BCUT2D eigenvalue weighted by atomic mass is 35.5. The highest BCUT2D eigenvalue weighted by molar-refractivity contribution is 6.31. The van der Waals surface area contributed by atoms with Crippen molar-refractivity contribution >= 4 is 28.5 Å². The van der Waals surface area contributed by atoms with E-state index in [9.17, 15) is 4.79 Å². The average molecular weight is 283 g/mol. The van der Waals surface area contributed by atoms with Crippen LogP contribution < -0.4 is 4.74 Å². The number of nitrogens with zero attached hydrogens (tertiary/aromatic N) is 2. The molecule has 5 nitrogen and oxygen atoms in total. The molecule has 102 valence electrons. The summed E-state index contributed by atoms with van der Waals surface area (Å²) in [6, 6.07) is 5.52. The van der Waals surface area contributed by atoms with Crippen LogP contribution in [0.1, 0.15) is 12.8 Å². The standard InChI is InChI=1S/C13H15ClN2O3/c1-18-12(17)4-3-7-16-11-6-5-9(14)8-10(11)13(15-16)19-2/h5-6,8H,3-4,7H2,1-2H3. The fourth-order valence-corrected chi connectivity index (χ4v) is 2.09. The Hall–Kier alpha value is -1.75. The number of methoxy groups -OCH3 is 2. The molecule has 0 bridgehead atoms. The van der Waals surface area contributed by atoms with Gasteiger partial charge in [-0.15, -0.1) is 5.10 Å². The summed E-state index contributed by atoms with van der Waals surface area (Å²) >= 11 is 5.97. The van der Waals surface area contributed by atoms with Crippen molar-refractivity contribution in [1.82, 2.24) is 9.78 Å². The van der Waals surface area contributed by atoms with Crippen LogP contribution >= 0.6 is 11.6 Å². The lowest BCUT2D eigenvalue weighted by molar-refractivity contribution is -0.140. The zero-order chi connectivity index (χ0) is 13.8. The summed E-state index contributed by atoms with van der Waals surface area (Å²) in [5.41, 5.74) is 0.936. The van der Waals surface area contributed by atoms with Crippen LogP contribution in [0.2, 0.25) is 5.02 Å². The second kappa shape index (κ2) is 5.93. The number of hydrogen-bond acceptors (Lipinski definition) is 4. The van der Waals surface area contributed by atoms with Crippen molar-refractivity contribution in [1.29, 1.82) is 0 Å². The molecule has 0 radical (unpaired) electrons. The number of fused-ring (bicyclic) bond motifs is 1. The van der Waals surface area contributed by atoms with E-state index in [1.807, 2.05) is 22.9 Å². The van der Waals surface area contributed by atoms with E-state index in [1.165, 1.54) is 7.11 Å². The maximum absolute atomic E-state index is 11.1. The summed E-state index contributed by atoms with van der Waals surface area (Å²) in [4.78, 5) is 11.1. The molecule has 0 aliphatic carbocycles. The number of esters is 1. The summed E-state index contributed by atoms with van der Waals surface area (Å²) < 4.78 is 11.6. The minimum absolute atomic E-state index is 0.216. The average Bonchev–Trinajstić information content (AvgIpc) is 2.76. The molecule has 0 aliphatic heterocycles. The fraction of sp³-hybridized carbons (Fsp3) is 0.385. The van der Waals surface area contributed by atoms with Gasteiger partial charge in [-0.2, -0.15) is 0 Å². The van der Waals surface area contributed by atoms with Gasteiger partial charge in [-0.05, 0) is 24.6 Å². The molecule has 0 aliphatic rings. The van der Waals surface area contributed by atoms with Crippen LogP contribution in [0.25, 0.3) is 10.9 Å². The van der Waals surface area contributed by atoms with Gasteiger partial charge in [-0.25, -0.2) is 0 Å². The van der Waals surface area contributed by atoms with Gasteiger partial charge in [0.15, 0.2) is 0 Å². The van der Waals surface area contributed by atoms with Crippen molar-refractivity contribution in [3.05, 3.63) is 23.2 Å². The predicted molar refractivity (Wildman–Crippen MR) is 72.5 cm³/mol. The first-order valence-electron chi connectivity index (χ1n) is 5.92. The van der Waals surface area contributed by atoms with Crippen LogP contribution in [0.5, 0.6) is 5.88 Å². The Morgan fingerprint density at radius 2 is 2.21 bits per heavy atom. The van der Waals surface area contributed by atoms with Gasteiger partial charge in [0, 0.05) is 18.0 Å². The van der Waals surface area contributed by atoms with Crippen molar-refractivity contribution in [2.75, 3.05) is 14.2 Å². The lowest BCUT2D eigenvalue weighted by Gasteiger charge is -2.02. The maximum Gasteiger partial charge on any atom is 0.305 e. The van der Waals surface area contributed by atoms with E-state index >= 15 is 0 Å². The van der Waals surface area contributed by atoms with Crippen molar-refractivity contribution in [2.24, 2.45) is 0 Å². The normalized spacial score (nSPS) is 10.7. The molecule has 2 aromatic rings. The molecule has 0 spiro atoms. The molecule has 6 heteroatoms. The van der Waals surface area contributed by atoms with Gasteiger partial charge in [0.05, 0.1) is 25.1 Å². The first-order chi connectivity index (χ1) is 9.15. The number of halogens is 1. The number of hydrogen-bond donors (Lipinski definition) is 0. The minimum Gasteiger partial charge on any atom is -0.479 e. The monoisotopic (exact) mass is 282 g/mol. The third-order valence-electron chi connectivity index (χ3n) is 2.85. The second-order valence-corrected chi connectivity index (χ2v) is 4.51. The predicted octanol–water partition coefficient (Wildman–Crippen LogP) is 2.65. The van der Waals surface area contributed by atoms with Gasteiger partial charge in [0.1, 0.15) is 0 Å². The first kappa shape index (κ1) is 13.7. The number of benzene rings is 1. The van der Waals surface area contributed by atoms with Crippen molar-refractivity contribution < 1.29 is 14.3 Å². The quantitative estimate of drug-likeness (QED) is 0.791. The Morgan fingerprint density at radius 1 is 1.42 bits per heavy atom. The van der Waals surface area contributed by atoms with Gasteiger partial charge in [0.25, 0.3) is 0 Å². The van der Waals surface area contributed by atoms with E-state index in [0.29, 0.717) is 30.3 Å². The largest absolute Gasteiger partial charge is 0.479 e. The highest BCUT2D eigenvalue weighted by Crippen LogP contribution is 2.27. The minimum atomic E-state index is -0.216. The Balaban J connectivity index is 2.21. The Kier molecular flexibility index (Phi) is 4.27. The van der Waals surface area contributed by atoms with Gasteiger partial charge in [-0.1, -0.05) is 11.6 Å². The van der Waals surface area contributed by atoms with Gasteiger partial charge >= 0.3 is 5.97 Å². The van der Waals surface area contributed by atoms with E-state index in [4.69, 9.17) is 16.3 Å². The molecule has 0 unspecified atom stereocenters. The molecule has 0 N–H and O–H groups in total. The van der Waals surface area contributed by atoms with Crippen LogP contribution in [0, 0.1) is 0 Å². The third kappa shape index (κ3) is 2.98. The molecule has 1 aromatic carbocycles. The first-order valence-corrected chi connectivity index (χ1v) is 6.30. The maximum atomic E-state index is 11.1. The molecule has 1 aromatic heterocycles. The van der Waals surface area contributed by atoms with Crippen LogP contribution in [-0.2, 0) is 16.1 Å². The van der Waals surface area contributed by atoms with Crippen LogP contribution in [-0.4, -0.2) is 30.0 Å². The molecule has 0 atom stereocenters. The number of carbonyl (C=O) groups is 1. The fourth-order valence-electron chi connectivity index (χ4n) is 1.92. The number of ether oxygens (including phenoxy) is 2. The third-order valence-corrected chi connectivity index (χ3v) is 3.09. The lowest BCUT2D eigenvalue weighted by atomic mass is 10.2. The topological polar surface area (TPSA) is 53.4 Å². The Labute approximate surface area is 116 Å². The summed E-state index contributed by atoms with van der Waals surface area (Å²) in [6.07, 6.45) is 1.03. The summed E-state index contributed by atoms with van der Waals surface area (Å²) in [7, 11) is 2.96. The summed E-state index contributed by atoms with van der Waals surface area (Å²) in [5, 5.41) is 5.86. The molecule has 1 heterocycles. The molecule has 0 saturated carbocycles. The van der Waals surface area contributed by atoms with Crippen LogP contribution in [0.4, 0.5) is 0 Å². The van der Waals surface area contributed by atoms with Gasteiger partial charge < -0.3 is 9.47 Å². The Morgan fingerprint density at radius 3 is 2.89 bits per heavy atom. The SMILES string of the molecule is COC(=O)CCCn1nc(OC)c2cc(Cl)ccc21.